The Hall–Kier alpha value is -4.37. The second kappa shape index (κ2) is 11.9. The molecule has 2 N–H and O–H groups in total. The average molecular weight is 511 g/mol. The molecule has 0 fully saturated rings. The molecule has 3 aromatic rings. The van der Waals surface area contributed by atoms with Crippen LogP contribution in [0.3, 0.4) is 0 Å². The Kier molecular flexibility index (Phi) is 8.64. The van der Waals surface area contributed by atoms with Crippen molar-refractivity contribution in [2.24, 2.45) is 0 Å². The first kappa shape index (κ1) is 26.2. The number of rotatable bonds is 9. The van der Waals surface area contributed by atoms with Gasteiger partial charge in [-0.25, -0.2) is 4.79 Å². The van der Waals surface area contributed by atoms with Gasteiger partial charge in [0.1, 0.15) is 0 Å². The highest BCUT2D eigenvalue weighted by atomic mass is 35.5. The lowest BCUT2D eigenvalue weighted by molar-refractivity contribution is -0.119. The Morgan fingerprint density at radius 1 is 0.833 bits per heavy atom. The zero-order valence-electron chi connectivity index (χ0n) is 19.7. The predicted molar refractivity (Wildman–Crippen MR) is 134 cm³/mol. The van der Waals surface area contributed by atoms with E-state index in [9.17, 15) is 19.2 Å². The number of nitrogens with one attached hydrogen (secondary N) is 2. The van der Waals surface area contributed by atoms with E-state index >= 15 is 0 Å². The van der Waals surface area contributed by atoms with Gasteiger partial charge >= 0.3 is 5.97 Å². The Bertz CT molecular complexity index is 1310. The Labute approximate surface area is 212 Å². The molecular weight excluding hydrogens is 488 g/mol. The number of benzene rings is 3. The highest BCUT2D eigenvalue weighted by molar-refractivity contribution is 6.34. The van der Waals surface area contributed by atoms with Crippen LogP contribution in [-0.2, 0) is 9.53 Å². The fraction of sp³-hybridized carbons (Fsp3) is 0.154. The highest BCUT2D eigenvalue weighted by Crippen LogP contribution is 2.34. The number of anilines is 2. The van der Waals surface area contributed by atoms with Crippen LogP contribution in [0.5, 0.6) is 11.5 Å². The fourth-order valence-electron chi connectivity index (χ4n) is 3.18. The van der Waals surface area contributed by atoms with E-state index < -0.39 is 24.4 Å². The van der Waals surface area contributed by atoms with Gasteiger partial charge in [0.2, 0.25) is 0 Å². The lowest BCUT2D eigenvalue weighted by Crippen LogP contribution is -2.22. The Morgan fingerprint density at radius 3 is 2.08 bits per heavy atom. The number of carbonyl (C=O) groups excluding carboxylic acids is 4. The van der Waals surface area contributed by atoms with Gasteiger partial charge in [0.25, 0.3) is 11.8 Å². The highest BCUT2D eigenvalue weighted by Gasteiger charge is 2.22. The maximum atomic E-state index is 12.9. The predicted octanol–water partition coefficient (Wildman–Crippen LogP) is 4.61. The quantitative estimate of drug-likeness (QED) is 0.318. The van der Waals surface area contributed by atoms with E-state index in [-0.39, 0.29) is 39.1 Å². The summed E-state index contributed by atoms with van der Waals surface area (Å²) in [6.07, 6.45) is 0. The van der Waals surface area contributed by atoms with Gasteiger partial charge in [0, 0.05) is 23.4 Å². The van der Waals surface area contributed by atoms with E-state index in [1.165, 1.54) is 39.3 Å². The van der Waals surface area contributed by atoms with Crippen LogP contribution in [0, 0.1) is 0 Å². The number of Topliss-reactive ketones (excluding diaryl/α,β-unsaturated/α-hetero) is 1. The maximum absolute atomic E-state index is 12.9. The van der Waals surface area contributed by atoms with E-state index in [0.29, 0.717) is 11.3 Å². The number of methoxy groups -OCH3 is 2. The van der Waals surface area contributed by atoms with Gasteiger partial charge in [-0.3, -0.25) is 14.4 Å². The van der Waals surface area contributed by atoms with Crippen molar-refractivity contribution in [2.45, 2.75) is 6.92 Å². The first-order valence-corrected chi connectivity index (χ1v) is 11.0. The molecule has 0 saturated heterocycles. The molecule has 0 aliphatic carbocycles. The normalized spacial score (nSPS) is 10.2. The van der Waals surface area contributed by atoms with Crippen molar-refractivity contribution in [3.8, 4) is 11.5 Å². The summed E-state index contributed by atoms with van der Waals surface area (Å²) in [7, 11) is 2.79. The van der Waals surface area contributed by atoms with Crippen LogP contribution >= 0.6 is 11.6 Å². The molecule has 36 heavy (non-hydrogen) atoms. The molecule has 0 spiro atoms. The summed E-state index contributed by atoms with van der Waals surface area (Å²) in [6, 6.07) is 15.4. The molecule has 0 aromatic heterocycles. The monoisotopic (exact) mass is 510 g/mol. The summed E-state index contributed by atoms with van der Waals surface area (Å²) < 4.78 is 15.7. The third-order valence-electron chi connectivity index (χ3n) is 5.02. The molecular formula is C26H23ClN2O7. The van der Waals surface area contributed by atoms with Gasteiger partial charge in [-0.2, -0.15) is 0 Å². The molecule has 0 atom stereocenters. The van der Waals surface area contributed by atoms with Gasteiger partial charge in [-0.15, -0.1) is 0 Å². The van der Waals surface area contributed by atoms with Gasteiger partial charge in [0.05, 0.1) is 36.1 Å². The zero-order chi connectivity index (χ0) is 26.2. The molecule has 0 aliphatic heterocycles. The molecule has 0 aliphatic rings. The first-order valence-electron chi connectivity index (χ1n) is 10.6. The number of ether oxygens (including phenoxy) is 3. The molecule has 3 rings (SSSR count). The van der Waals surface area contributed by atoms with Crippen LogP contribution in [0.15, 0.2) is 60.7 Å². The summed E-state index contributed by atoms with van der Waals surface area (Å²) in [5.74, 6) is -1.67. The van der Waals surface area contributed by atoms with Crippen LogP contribution in [0.4, 0.5) is 11.4 Å². The van der Waals surface area contributed by atoms with Crippen molar-refractivity contribution in [2.75, 3.05) is 31.5 Å². The minimum absolute atomic E-state index is 0.0633. The lowest BCUT2D eigenvalue weighted by atomic mass is 10.1. The van der Waals surface area contributed by atoms with Gasteiger partial charge < -0.3 is 24.8 Å². The maximum Gasteiger partial charge on any atom is 0.340 e. The third-order valence-corrected chi connectivity index (χ3v) is 5.35. The number of hydrogen-bond donors (Lipinski definition) is 2. The van der Waals surface area contributed by atoms with E-state index in [2.05, 4.69) is 10.6 Å². The second-order valence-electron chi connectivity index (χ2n) is 7.44. The minimum atomic E-state index is -0.882. The number of ketones is 1. The minimum Gasteiger partial charge on any atom is -0.493 e. The van der Waals surface area contributed by atoms with E-state index in [1.807, 2.05) is 0 Å². The summed E-state index contributed by atoms with van der Waals surface area (Å²) in [5, 5.41) is 5.43. The molecule has 0 unspecified atom stereocenters. The van der Waals surface area contributed by atoms with Gasteiger partial charge in [-0.1, -0.05) is 23.7 Å². The summed E-state index contributed by atoms with van der Waals surface area (Å²) >= 11 is 6.11. The van der Waals surface area contributed by atoms with Crippen molar-refractivity contribution in [3.05, 3.63) is 82.4 Å². The van der Waals surface area contributed by atoms with Gasteiger partial charge in [0.15, 0.2) is 23.9 Å². The molecule has 0 bridgehead atoms. The summed E-state index contributed by atoms with van der Waals surface area (Å²) in [5.41, 5.74) is 1.14. The molecule has 10 heteroatoms. The molecule has 3 aromatic carbocycles. The standard InChI is InChI=1S/C26H23ClN2O7/c1-15(30)16-8-10-17(11-9-16)28-24(31)14-36-26(33)19-12-22(34-2)23(35-3)13-21(19)29-25(32)18-6-4-5-7-20(18)27/h4-13H,14H2,1-3H3,(H,28,31)(H,29,32). The molecule has 0 radical (unpaired) electrons. The molecule has 2 amide bonds. The number of esters is 1. The molecule has 0 saturated carbocycles. The summed E-state index contributed by atoms with van der Waals surface area (Å²) in [4.78, 5) is 49.3. The molecule has 0 heterocycles. The van der Waals surface area contributed by atoms with Crippen LogP contribution < -0.4 is 20.1 Å². The summed E-state index contributed by atoms with van der Waals surface area (Å²) in [6.45, 7) is 0.839. The first-order chi connectivity index (χ1) is 17.2. The number of hydrogen-bond acceptors (Lipinski definition) is 7. The van der Waals surface area contributed by atoms with Gasteiger partial charge in [-0.05, 0) is 43.3 Å². The van der Waals surface area contributed by atoms with Crippen LogP contribution in [-0.4, -0.2) is 44.4 Å². The zero-order valence-corrected chi connectivity index (χ0v) is 20.5. The number of amides is 2. The molecule has 9 nitrogen and oxygen atoms in total. The lowest BCUT2D eigenvalue weighted by Gasteiger charge is -2.15. The van der Waals surface area contributed by atoms with Crippen molar-refractivity contribution < 1.29 is 33.4 Å². The van der Waals surface area contributed by atoms with E-state index in [0.717, 1.165) is 0 Å². The SMILES string of the molecule is COc1cc(NC(=O)c2ccccc2Cl)c(C(=O)OCC(=O)Nc2ccc(C(C)=O)cc2)cc1OC. The van der Waals surface area contributed by atoms with Crippen molar-refractivity contribution in [3.63, 3.8) is 0 Å². The van der Waals surface area contributed by atoms with Crippen molar-refractivity contribution >= 4 is 46.5 Å². The largest absolute Gasteiger partial charge is 0.493 e. The van der Waals surface area contributed by atoms with Crippen LogP contribution in [0.2, 0.25) is 5.02 Å². The molecule has 186 valence electrons. The van der Waals surface area contributed by atoms with E-state index in [4.69, 9.17) is 25.8 Å². The van der Waals surface area contributed by atoms with E-state index in [1.54, 1.807) is 42.5 Å². The third kappa shape index (κ3) is 6.39. The van der Waals surface area contributed by atoms with Crippen LogP contribution in [0.25, 0.3) is 0 Å². The smallest absolute Gasteiger partial charge is 0.340 e. The topological polar surface area (TPSA) is 120 Å². The Morgan fingerprint density at radius 2 is 1.47 bits per heavy atom. The number of carbonyl (C=O) groups is 4. The average Bonchev–Trinajstić information content (AvgIpc) is 2.87. The van der Waals surface area contributed by atoms with Crippen molar-refractivity contribution in [1.82, 2.24) is 0 Å². The fourth-order valence-corrected chi connectivity index (χ4v) is 3.40. The number of halogens is 1. The second-order valence-corrected chi connectivity index (χ2v) is 7.85. The van der Waals surface area contributed by atoms with Crippen molar-refractivity contribution in [1.29, 1.82) is 0 Å². The van der Waals surface area contributed by atoms with Crippen LogP contribution in [0.1, 0.15) is 38.0 Å². The Balaban J connectivity index is 1.77.